The van der Waals surface area contributed by atoms with E-state index in [0.29, 0.717) is 6.61 Å². The van der Waals surface area contributed by atoms with Crippen molar-refractivity contribution in [3.63, 3.8) is 0 Å². The van der Waals surface area contributed by atoms with E-state index in [4.69, 9.17) is 9.47 Å². The van der Waals surface area contributed by atoms with Gasteiger partial charge in [-0.25, -0.2) is 4.79 Å². The highest BCUT2D eigenvalue weighted by atomic mass is 16.6. The van der Waals surface area contributed by atoms with Crippen LogP contribution < -0.4 is 0 Å². The quantitative estimate of drug-likeness (QED) is 0.858. The normalized spacial score (nSPS) is 18.9. The number of benzene rings is 1. The van der Waals surface area contributed by atoms with E-state index in [2.05, 4.69) is 0 Å². The van der Waals surface area contributed by atoms with E-state index in [9.17, 15) is 9.59 Å². The summed E-state index contributed by atoms with van der Waals surface area (Å²) in [5.74, 6) is -0.0863. The molecule has 0 radical (unpaired) electrons. The van der Waals surface area contributed by atoms with Gasteiger partial charge in [0.2, 0.25) is 0 Å². The van der Waals surface area contributed by atoms with Crippen molar-refractivity contribution in [2.75, 3.05) is 13.1 Å². The highest BCUT2D eigenvalue weighted by Gasteiger charge is 2.36. The van der Waals surface area contributed by atoms with Crippen LogP contribution in [0.25, 0.3) is 0 Å². The fraction of sp³-hybridized carbons (Fsp3) is 0.500. The molecule has 1 heterocycles. The van der Waals surface area contributed by atoms with Crippen molar-refractivity contribution in [3.8, 4) is 0 Å². The molecule has 1 aromatic carbocycles. The molecule has 2 rings (SSSR count). The monoisotopic (exact) mass is 291 g/mol. The summed E-state index contributed by atoms with van der Waals surface area (Å²) >= 11 is 0. The van der Waals surface area contributed by atoms with Gasteiger partial charge in [0.25, 0.3) is 0 Å². The van der Waals surface area contributed by atoms with Gasteiger partial charge in [-0.05, 0) is 26.3 Å². The molecule has 1 atom stereocenters. The van der Waals surface area contributed by atoms with Crippen LogP contribution in [0.1, 0.15) is 26.3 Å². The largest absolute Gasteiger partial charge is 0.444 e. The fourth-order valence-corrected chi connectivity index (χ4v) is 2.04. The van der Waals surface area contributed by atoms with Crippen molar-refractivity contribution in [1.82, 2.24) is 4.90 Å². The minimum Gasteiger partial charge on any atom is -0.444 e. The van der Waals surface area contributed by atoms with E-state index in [1.54, 1.807) is 20.8 Å². The van der Waals surface area contributed by atoms with E-state index in [-0.39, 0.29) is 18.9 Å². The van der Waals surface area contributed by atoms with E-state index < -0.39 is 17.8 Å². The van der Waals surface area contributed by atoms with Gasteiger partial charge in [0.05, 0.1) is 19.7 Å². The van der Waals surface area contributed by atoms with Crippen LogP contribution in [0.4, 0.5) is 4.79 Å². The van der Waals surface area contributed by atoms with Crippen LogP contribution in [0.3, 0.4) is 0 Å². The molecule has 21 heavy (non-hydrogen) atoms. The Bertz CT molecular complexity index is 507. The topological polar surface area (TPSA) is 55.8 Å². The highest BCUT2D eigenvalue weighted by molar-refractivity contribution is 5.91. The average molecular weight is 291 g/mol. The maximum Gasteiger partial charge on any atom is 0.410 e. The maximum absolute atomic E-state index is 11.9. The number of hydrogen-bond donors (Lipinski definition) is 0. The van der Waals surface area contributed by atoms with Crippen molar-refractivity contribution in [2.45, 2.75) is 39.1 Å². The summed E-state index contributed by atoms with van der Waals surface area (Å²) in [5.41, 5.74) is 0.435. The summed E-state index contributed by atoms with van der Waals surface area (Å²) in [7, 11) is 0. The van der Waals surface area contributed by atoms with E-state index in [0.717, 1.165) is 5.56 Å². The van der Waals surface area contributed by atoms with Crippen LogP contribution in [-0.2, 0) is 20.9 Å². The van der Waals surface area contributed by atoms with Crippen molar-refractivity contribution in [2.24, 2.45) is 0 Å². The molecule has 0 N–H and O–H groups in total. The summed E-state index contributed by atoms with van der Waals surface area (Å²) in [6, 6.07) is 9.63. The Balaban J connectivity index is 1.86. The van der Waals surface area contributed by atoms with Gasteiger partial charge in [-0.1, -0.05) is 30.3 Å². The Labute approximate surface area is 124 Å². The van der Waals surface area contributed by atoms with Gasteiger partial charge in [0, 0.05) is 0 Å². The summed E-state index contributed by atoms with van der Waals surface area (Å²) in [4.78, 5) is 25.2. The van der Waals surface area contributed by atoms with Gasteiger partial charge in [-0.3, -0.25) is 9.69 Å². The van der Waals surface area contributed by atoms with Crippen LogP contribution >= 0.6 is 0 Å². The van der Waals surface area contributed by atoms with Crippen LogP contribution in [0.2, 0.25) is 0 Å². The van der Waals surface area contributed by atoms with Gasteiger partial charge < -0.3 is 9.47 Å². The highest BCUT2D eigenvalue weighted by Crippen LogP contribution is 2.16. The second kappa shape index (κ2) is 6.26. The molecule has 0 bridgehead atoms. The second-order valence-electron chi connectivity index (χ2n) is 6.11. The Morgan fingerprint density at radius 2 is 1.95 bits per heavy atom. The number of carbonyl (C=O) groups is 2. The number of Topliss-reactive ketones (excluding diaryl/α,β-unsaturated/α-hetero) is 1. The number of hydrogen-bond acceptors (Lipinski definition) is 4. The van der Waals surface area contributed by atoms with Gasteiger partial charge in [-0.2, -0.15) is 0 Å². The zero-order chi connectivity index (χ0) is 15.5. The summed E-state index contributed by atoms with van der Waals surface area (Å²) in [5, 5.41) is 0. The first-order valence-corrected chi connectivity index (χ1v) is 7.01. The van der Waals surface area contributed by atoms with Crippen LogP contribution in [-0.4, -0.2) is 41.6 Å². The van der Waals surface area contributed by atoms with Gasteiger partial charge in [0.1, 0.15) is 11.7 Å². The average Bonchev–Trinajstić information content (AvgIpc) is 2.77. The number of rotatable bonds is 3. The number of ether oxygens (including phenoxy) is 2. The second-order valence-corrected chi connectivity index (χ2v) is 6.11. The number of amides is 1. The first-order chi connectivity index (χ1) is 9.85. The number of carbonyl (C=O) groups excluding carboxylic acids is 2. The Morgan fingerprint density at radius 1 is 1.29 bits per heavy atom. The van der Waals surface area contributed by atoms with Crippen LogP contribution in [0.15, 0.2) is 30.3 Å². The minimum atomic E-state index is -0.572. The van der Waals surface area contributed by atoms with E-state index in [1.807, 2.05) is 30.3 Å². The predicted octanol–water partition coefficient (Wildman–Crippen LogP) is 2.39. The van der Waals surface area contributed by atoms with Crippen molar-refractivity contribution < 1.29 is 19.1 Å². The van der Waals surface area contributed by atoms with Crippen LogP contribution in [0.5, 0.6) is 0 Å². The molecule has 1 fully saturated rings. The molecule has 1 amide bonds. The fourth-order valence-electron chi connectivity index (χ4n) is 2.04. The van der Waals surface area contributed by atoms with Crippen LogP contribution in [0, 0.1) is 0 Å². The third-order valence-electron chi connectivity index (χ3n) is 3.04. The lowest BCUT2D eigenvalue weighted by Crippen LogP contribution is -2.36. The first-order valence-electron chi connectivity index (χ1n) is 7.01. The van der Waals surface area contributed by atoms with Crippen molar-refractivity contribution in [1.29, 1.82) is 0 Å². The molecule has 5 heteroatoms. The van der Waals surface area contributed by atoms with Gasteiger partial charge in [-0.15, -0.1) is 0 Å². The summed E-state index contributed by atoms with van der Waals surface area (Å²) in [6.07, 6.45) is -1.04. The Morgan fingerprint density at radius 3 is 2.57 bits per heavy atom. The molecular weight excluding hydrogens is 270 g/mol. The lowest BCUT2D eigenvalue weighted by molar-refractivity contribution is -0.126. The summed E-state index contributed by atoms with van der Waals surface area (Å²) < 4.78 is 10.9. The smallest absolute Gasteiger partial charge is 0.410 e. The molecule has 0 unspecified atom stereocenters. The van der Waals surface area contributed by atoms with Gasteiger partial charge in [0.15, 0.2) is 5.78 Å². The molecule has 0 saturated carbocycles. The molecule has 5 nitrogen and oxygen atoms in total. The minimum absolute atomic E-state index is 0.0500. The molecule has 1 aromatic rings. The molecule has 1 saturated heterocycles. The number of likely N-dealkylation sites (tertiary alicyclic amines) is 1. The standard InChI is InChI=1S/C16H21NO4/c1-16(2,3)21-15(19)17-9-13(18)14(10-17)20-11-12-7-5-4-6-8-12/h4-8,14H,9-11H2,1-3H3/t14-/m0/s1. The molecule has 0 spiro atoms. The van der Waals surface area contributed by atoms with E-state index >= 15 is 0 Å². The zero-order valence-corrected chi connectivity index (χ0v) is 12.7. The van der Waals surface area contributed by atoms with Crippen molar-refractivity contribution in [3.05, 3.63) is 35.9 Å². The molecule has 1 aliphatic heterocycles. The number of ketones is 1. The zero-order valence-electron chi connectivity index (χ0n) is 12.7. The molecule has 1 aliphatic rings. The molecule has 114 valence electrons. The molecule has 0 aliphatic carbocycles. The molecular formula is C16H21NO4. The number of nitrogens with zero attached hydrogens (tertiary/aromatic N) is 1. The maximum atomic E-state index is 11.9. The first kappa shape index (κ1) is 15.5. The Kier molecular flexibility index (Phi) is 4.63. The third kappa shape index (κ3) is 4.56. The van der Waals surface area contributed by atoms with E-state index in [1.165, 1.54) is 4.90 Å². The predicted molar refractivity (Wildman–Crippen MR) is 77.8 cm³/mol. The lowest BCUT2D eigenvalue weighted by atomic mass is 10.2. The SMILES string of the molecule is CC(C)(C)OC(=O)N1CC(=O)[C@@H](OCc2ccccc2)C1. The van der Waals surface area contributed by atoms with Gasteiger partial charge >= 0.3 is 6.09 Å². The Hall–Kier alpha value is -1.88. The van der Waals surface area contributed by atoms with Crippen molar-refractivity contribution >= 4 is 11.9 Å². The summed E-state index contributed by atoms with van der Waals surface area (Å²) in [6.45, 7) is 6.05. The third-order valence-corrected chi connectivity index (χ3v) is 3.04. The molecule has 0 aromatic heterocycles. The lowest BCUT2D eigenvalue weighted by Gasteiger charge is -2.23.